The Morgan fingerprint density at radius 1 is 1.43 bits per heavy atom. The number of carbonyl (C=O) groups excluding carboxylic acids is 1. The molecule has 0 aliphatic heterocycles. The molecule has 108 valence electrons. The fourth-order valence-electron chi connectivity index (χ4n) is 1.81. The molecule has 21 heavy (non-hydrogen) atoms. The van der Waals surface area contributed by atoms with E-state index in [4.69, 9.17) is 5.26 Å². The Bertz CT molecular complexity index is 673. The molecule has 1 aromatic carbocycles. The van der Waals surface area contributed by atoms with Crippen molar-refractivity contribution in [2.75, 3.05) is 0 Å². The number of nitrogens with one attached hydrogen (secondary N) is 1. The van der Waals surface area contributed by atoms with Crippen LogP contribution in [-0.2, 0) is 17.4 Å². The van der Waals surface area contributed by atoms with Crippen molar-refractivity contribution < 1.29 is 18.0 Å². The molecule has 0 spiro atoms. The van der Waals surface area contributed by atoms with Crippen molar-refractivity contribution in [2.24, 2.45) is 0 Å². The van der Waals surface area contributed by atoms with Gasteiger partial charge < -0.3 is 0 Å². The Morgan fingerprint density at radius 2 is 2.19 bits per heavy atom. The monoisotopic (exact) mass is 294 g/mol. The van der Waals surface area contributed by atoms with E-state index >= 15 is 0 Å². The van der Waals surface area contributed by atoms with Crippen LogP contribution < -0.4 is 0 Å². The lowest BCUT2D eigenvalue weighted by Gasteiger charge is -2.11. The van der Waals surface area contributed by atoms with E-state index in [2.05, 4.69) is 15.2 Å². The van der Waals surface area contributed by atoms with E-state index < -0.39 is 23.4 Å². The SMILES string of the molecule is N#CC(C(=O)Cc1ncn[nH]1)c1cccc(C(F)(F)F)c1. The number of rotatable bonds is 4. The summed E-state index contributed by atoms with van der Waals surface area (Å²) in [7, 11) is 0. The van der Waals surface area contributed by atoms with Crippen LogP contribution in [0.15, 0.2) is 30.6 Å². The second-order valence-corrected chi connectivity index (χ2v) is 4.26. The van der Waals surface area contributed by atoms with Gasteiger partial charge in [0, 0.05) is 0 Å². The van der Waals surface area contributed by atoms with Crippen LogP contribution in [0.25, 0.3) is 0 Å². The predicted octanol–water partition coefficient (Wildman–Crippen LogP) is 2.24. The highest BCUT2D eigenvalue weighted by molar-refractivity contribution is 5.89. The van der Waals surface area contributed by atoms with E-state index in [-0.39, 0.29) is 17.8 Å². The Hall–Kier alpha value is -2.69. The van der Waals surface area contributed by atoms with Crippen molar-refractivity contribution >= 4 is 5.78 Å². The van der Waals surface area contributed by atoms with Gasteiger partial charge in [0.1, 0.15) is 18.1 Å². The number of halogens is 3. The summed E-state index contributed by atoms with van der Waals surface area (Å²) >= 11 is 0. The van der Waals surface area contributed by atoms with Gasteiger partial charge in [-0.1, -0.05) is 18.2 Å². The van der Waals surface area contributed by atoms with Gasteiger partial charge >= 0.3 is 6.18 Å². The lowest BCUT2D eigenvalue weighted by atomic mass is 9.93. The van der Waals surface area contributed by atoms with Gasteiger partial charge in [0.25, 0.3) is 0 Å². The van der Waals surface area contributed by atoms with Gasteiger partial charge in [-0.3, -0.25) is 9.89 Å². The second kappa shape index (κ2) is 5.75. The molecule has 1 N–H and O–H groups in total. The lowest BCUT2D eigenvalue weighted by molar-refractivity contribution is -0.137. The molecular formula is C13H9F3N4O. The molecule has 8 heteroatoms. The topological polar surface area (TPSA) is 82.4 Å². The average Bonchev–Trinajstić information content (AvgIpc) is 2.92. The largest absolute Gasteiger partial charge is 0.416 e. The Labute approximate surface area is 117 Å². The minimum Gasteiger partial charge on any atom is -0.297 e. The molecule has 2 aromatic rings. The summed E-state index contributed by atoms with van der Waals surface area (Å²) in [6.07, 6.45) is -3.52. The van der Waals surface area contributed by atoms with E-state index in [0.29, 0.717) is 0 Å². The van der Waals surface area contributed by atoms with E-state index in [1.807, 2.05) is 0 Å². The van der Waals surface area contributed by atoms with E-state index in [1.165, 1.54) is 18.5 Å². The molecule has 0 radical (unpaired) electrons. The van der Waals surface area contributed by atoms with Crippen molar-refractivity contribution in [1.82, 2.24) is 15.2 Å². The van der Waals surface area contributed by atoms with Gasteiger partial charge in [0.2, 0.25) is 0 Å². The van der Waals surface area contributed by atoms with Crippen LogP contribution in [0.1, 0.15) is 22.9 Å². The number of aromatic nitrogens is 3. The minimum atomic E-state index is -4.52. The summed E-state index contributed by atoms with van der Waals surface area (Å²) < 4.78 is 38.0. The van der Waals surface area contributed by atoms with Crippen LogP contribution in [-0.4, -0.2) is 21.0 Å². The summed E-state index contributed by atoms with van der Waals surface area (Å²) in [5.74, 6) is -1.57. The number of nitriles is 1. The fraction of sp³-hybridized carbons (Fsp3) is 0.231. The number of nitrogens with zero attached hydrogens (tertiary/aromatic N) is 3. The number of aromatic amines is 1. The Balaban J connectivity index is 2.25. The van der Waals surface area contributed by atoms with Crippen LogP contribution in [0.2, 0.25) is 0 Å². The third kappa shape index (κ3) is 3.45. The molecule has 0 bridgehead atoms. The maximum absolute atomic E-state index is 12.7. The number of H-pyrrole nitrogens is 1. The first-order chi connectivity index (χ1) is 9.91. The molecule has 1 atom stereocenters. The predicted molar refractivity (Wildman–Crippen MR) is 64.9 cm³/mol. The molecule has 1 unspecified atom stereocenters. The lowest BCUT2D eigenvalue weighted by Crippen LogP contribution is -2.15. The van der Waals surface area contributed by atoms with Gasteiger partial charge in [0.05, 0.1) is 18.1 Å². The first-order valence-electron chi connectivity index (χ1n) is 5.85. The van der Waals surface area contributed by atoms with Crippen LogP contribution in [0.4, 0.5) is 13.2 Å². The van der Waals surface area contributed by atoms with Gasteiger partial charge in [-0.15, -0.1) is 0 Å². The number of Topliss-reactive ketones (excluding diaryl/α,β-unsaturated/α-hetero) is 1. The third-order valence-corrected chi connectivity index (χ3v) is 2.80. The number of benzene rings is 1. The number of alkyl halides is 3. The smallest absolute Gasteiger partial charge is 0.297 e. The maximum Gasteiger partial charge on any atom is 0.416 e. The molecule has 2 rings (SSSR count). The van der Waals surface area contributed by atoms with E-state index in [9.17, 15) is 18.0 Å². The first-order valence-corrected chi connectivity index (χ1v) is 5.85. The van der Waals surface area contributed by atoms with Crippen molar-refractivity contribution in [3.05, 3.63) is 47.5 Å². The zero-order valence-electron chi connectivity index (χ0n) is 10.6. The standard InChI is InChI=1S/C13H9F3N4O/c14-13(15,16)9-3-1-2-8(4-9)10(6-17)11(21)5-12-18-7-19-20-12/h1-4,7,10H,5H2,(H,18,19,20). The Kier molecular flexibility index (Phi) is 4.03. The molecule has 1 heterocycles. The molecule has 0 saturated heterocycles. The van der Waals surface area contributed by atoms with Crippen LogP contribution in [0.3, 0.4) is 0 Å². The molecule has 1 aromatic heterocycles. The maximum atomic E-state index is 12.7. The Morgan fingerprint density at radius 3 is 2.76 bits per heavy atom. The summed E-state index contributed by atoms with van der Waals surface area (Å²) in [5, 5.41) is 15.1. The third-order valence-electron chi connectivity index (χ3n) is 2.80. The highest BCUT2D eigenvalue weighted by Crippen LogP contribution is 2.31. The summed E-state index contributed by atoms with van der Waals surface area (Å²) in [6.45, 7) is 0. The molecule has 0 aliphatic rings. The number of ketones is 1. The van der Waals surface area contributed by atoms with Crippen molar-refractivity contribution in [3.8, 4) is 6.07 Å². The number of carbonyl (C=O) groups is 1. The number of hydrogen-bond acceptors (Lipinski definition) is 4. The van der Waals surface area contributed by atoms with Gasteiger partial charge in [-0.2, -0.15) is 23.5 Å². The van der Waals surface area contributed by atoms with Gasteiger partial charge in [-0.25, -0.2) is 4.98 Å². The van der Waals surface area contributed by atoms with Crippen LogP contribution in [0, 0.1) is 11.3 Å². The van der Waals surface area contributed by atoms with E-state index in [0.717, 1.165) is 12.1 Å². The quantitative estimate of drug-likeness (QED) is 0.937. The van der Waals surface area contributed by atoms with Crippen molar-refractivity contribution in [1.29, 1.82) is 5.26 Å². The highest BCUT2D eigenvalue weighted by Gasteiger charge is 2.32. The zero-order valence-corrected chi connectivity index (χ0v) is 10.6. The fourth-order valence-corrected chi connectivity index (χ4v) is 1.81. The summed E-state index contributed by atoms with van der Waals surface area (Å²) in [4.78, 5) is 15.8. The summed E-state index contributed by atoms with van der Waals surface area (Å²) in [5.41, 5.74) is -0.885. The van der Waals surface area contributed by atoms with Gasteiger partial charge in [-0.05, 0) is 11.6 Å². The first kappa shape index (κ1) is 14.7. The van der Waals surface area contributed by atoms with Crippen molar-refractivity contribution in [2.45, 2.75) is 18.5 Å². The van der Waals surface area contributed by atoms with Crippen LogP contribution in [0.5, 0.6) is 0 Å². The molecule has 0 saturated carbocycles. The second-order valence-electron chi connectivity index (χ2n) is 4.26. The molecular weight excluding hydrogens is 285 g/mol. The summed E-state index contributed by atoms with van der Waals surface area (Å²) in [6, 6.07) is 5.92. The average molecular weight is 294 g/mol. The van der Waals surface area contributed by atoms with Gasteiger partial charge in [0.15, 0.2) is 5.78 Å². The molecule has 0 amide bonds. The molecule has 0 aliphatic carbocycles. The molecule has 5 nitrogen and oxygen atoms in total. The van der Waals surface area contributed by atoms with Crippen LogP contribution >= 0.6 is 0 Å². The number of hydrogen-bond donors (Lipinski definition) is 1. The molecule has 0 fully saturated rings. The minimum absolute atomic E-state index is 0.0110. The zero-order chi connectivity index (χ0) is 15.5. The highest BCUT2D eigenvalue weighted by atomic mass is 19.4. The normalized spacial score (nSPS) is 12.7. The van der Waals surface area contributed by atoms with E-state index in [1.54, 1.807) is 6.07 Å². The van der Waals surface area contributed by atoms with Crippen molar-refractivity contribution in [3.63, 3.8) is 0 Å².